The average molecular weight is 298 g/mol. The van der Waals surface area contributed by atoms with Crippen molar-refractivity contribution in [2.75, 3.05) is 36.1 Å². The molecule has 1 aliphatic rings. The second-order valence-corrected chi connectivity index (χ2v) is 7.45. The van der Waals surface area contributed by atoms with Crippen molar-refractivity contribution in [3.63, 3.8) is 0 Å². The standard InChI is InChI=1S/C13H22N4S2/c1-5-14-11-6-12(16-13(15-11)18-4)17-7-9(2)19-10(3)8-17/h6,9-10H,5,7-8H2,1-4H3,(H,14,15,16). The number of thioether (sulfide) groups is 2. The molecular weight excluding hydrogens is 276 g/mol. The summed E-state index contributed by atoms with van der Waals surface area (Å²) in [6.45, 7) is 9.66. The minimum Gasteiger partial charge on any atom is -0.370 e. The molecule has 0 bridgehead atoms. The first-order valence-corrected chi connectivity index (χ1v) is 8.86. The molecule has 0 radical (unpaired) electrons. The third-order valence-corrected chi connectivity index (χ3v) is 4.75. The van der Waals surface area contributed by atoms with Crippen molar-refractivity contribution in [2.24, 2.45) is 0 Å². The predicted molar refractivity (Wildman–Crippen MR) is 86.7 cm³/mol. The van der Waals surface area contributed by atoms with Crippen molar-refractivity contribution in [2.45, 2.75) is 36.4 Å². The predicted octanol–water partition coefficient (Wildman–Crippen LogP) is 2.96. The summed E-state index contributed by atoms with van der Waals surface area (Å²) in [5.74, 6) is 1.98. The van der Waals surface area contributed by atoms with E-state index >= 15 is 0 Å². The van der Waals surface area contributed by atoms with E-state index in [1.54, 1.807) is 11.8 Å². The van der Waals surface area contributed by atoms with Crippen LogP contribution in [0.3, 0.4) is 0 Å². The third kappa shape index (κ3) is 3.92. The van der Waals surface area contributed by atoms with Crippen LogP contribution < -0.4 is 10.2 Å². The van der Waals surface area contributed by atoms with Gasteiger partial charge in [0.05, 0.1) is 0 Å². The largest absolute Gasteiger partial charge is 0.370 e. The van der Waals surface area contributed by atoms with E-state index < -0.39 is 0 Å². The SMILES string of the molecule is CCNc1cc(N2CC(C)SC(C)C2)nc(SC)n1. The van der Waals surface area contributed by atoms with Crippen LogP contribution in [0.1, 0.15) is 20.8 Å². The average Bonchev–Trinajstić information content (AvgIpc) is 2.37. The van der Waals surface area contributed by atoms with E-state index in [0.717, 1.165) is 36.4 Å². The summed E-state index contributed by atoms with van der Waals surface area (Å²) in [4.78, 5) is 11.5. The van der Waals surface area contributed by atoms with Crippen molar-refractivity contribution in [3.05, 3.63) is 6.07 Å². The van der Waals surface area contributed by atoms with Gasteiger partial charge in [0.2, 0.25) is 0 Å². The smallest absolute Gasteiger partial charge is 0.191 e. The molecule has 2 rings (SSSR count). The normalized spacial score (nSPS) is 23.5. The molecule has 4 nitrogen and oxygen atoms in total. The van der Waals surface area contributed by atoms with Gasteiger partial charge in [-0.15, -0.1) is 0 Å². The van der Waals surface area contributed by atoms with Gasteiger partial charge in [0.15, 0.2) is 5.16 Å². The fourth-order valence-corrected chi connectivity index (χ4v) is 4.00. The highest BCUT2D eigenvalue weighted by atomic mass is 32.2. The maximum absolute atomic E-state index is 4.66. The summed E-state index contributed by atoms with van der Waals surface area (Å²) < 4.78 is 0. The van der Waals surface area contributed by atoms with E-state index in [9.17, 15) is 0 Å². The lowest BCUT2D eigenvalue weighted by atomic mass is 10.3. The summed E-state index contributed by atoms with van der Waals surface area (Å²) in [7, 11) is 0. The molecule has 2 atom stereocenters. The molecule has 1 fully saturated rings. The Kier molecular flexibility index (Phi) is 5.21. The van der Waals surface area contributed by atoms with Gasteiger partial charge in [-0.05, 0) is 13.2 Å². The lowest BCUT2D eigenvalue weighted by Crippen LogP contribution is -2.41. The van der Waals surface area contributed by atoms with Gasteiger partial charge in [-0.1, -0.05) is 25.6 Å². The van der Waals surface area contributed by atoms with Gasteiger partial charge in [0.25, 0.3) is 0 Å². The van der Waals surface area contributed by atoms with Gasteiger partial charge in [-0.25, -0.2) is 9.97 Å². The maximum atomic E-state index is 4.66. The zero-order valence-corrected chi connectivity index (χ0v) is 13.6. The molecule has 1 aromatic rings. The lowest BCUT2D eigenvalue weighted by molar-refractivity contribution is 0.710. The number of hydrogen-bond acceptors (Lipinski definition) is 6. The monoisotopic (exact) mass is 298 g/mol. The van der Waals surface area contributed by atoms with Crippen LogP contribution in [0, 0.1) is 0 Å². The Balaban J connectivity index is 2.24. The highest BCUT2D eigenvalue weighted by Crippen LogP contribution is 2.29. The lowest BCUT2D eigenvalue weighted by Gasteiger charge is -2.35. The van der Waals surface area contributed by atoms with Crippen molar-refractivity contribution in [3.8, 4) is 0 Å². The van der Waals surface area contributed by atoms with Crippen molar-refractivity contribution in [1.82, 2.24) is 9.97 Å². The Morgan fingerprint density at radius 3 is 2.63 bits per heavy atom. The number of nitrogens with one attached hydrogen (secondary N) is 1. The van der Waals surface area contributed by atoms with E-state index in [1.165, 1.54) is 0 Å². The summed E-state index contributed by atoms with van der Waals surface area (Å²) in [5.41, 5.74) is 0. The number of rotatable bonds is 4. The fraction of sp³-hybridized carbons (Fsp3) is 0.692. The molecule has 0 spiro atoms. The number of hydrogen-bond donors (Lipinski definition) is 1. The van der Waals surface area contributed by atoms with Crippen molar-refractivity contribution >= 4 is 35.2 Å². The Bertz CT molecular complexity index is 417. The zero-order chi connectivity index (χ0) is 13.8. The number of nitrogens with zero attached hydrogens (tertiary/aromatic N) is 3. The molecule has 19 heavy (non-hydrogen) atoms. The molecule has 1 aromatic heterocycles. The molecule has 1 aliphatic heterocycles. The quantitative estimate of drug-likeness (QED) is 0.681. The molecule has 0 amide bonds. The molecular formula is C13H22N4S2. The minimum absolute atomic E-state index is 0.652. The Hall–Kier alpha value is -0.620. The van der Waals surface area contributed by atoms with E-state index in [2.05, 4.69) is 58.8 Å². The second kappa shape index (κ2) is 6.70. The summed E-state index contributed by atoms with van der Waals surface area (Å²) in [6, 6.07) is 2.07. The molecule has 0 saturated carbocycles. The molecule has 6 heteroatoms. The van der Waals surface area contributed by atoms with Crippen LogP contribution in [-0.2, 0) is 0 Å². The Morgan fingerprint density at radius 1 is 1.37 bits per heavy atom. The first kappa shape index (κ1) is 14.8. The van der Waals surface area contributed by atoms with Crippen molar-refractivity contribution in [1.29, 1.82) is 0 Å². The molecule has 0 aliphatic carbocycles. The molecule has 2 unspecified atom stereocenters. The van der Waals surface area contributed by atoms with Crippen LogP contribution in [0.2, 0.25) is 0 Å². The van der Waals surface area contributed by atoms with Gasteiger partial charge < -0.3 is 10.2 Å². The van der Waals surface area contributed by atoms with Gasteiger partial charge >= 0.3 is 0 Å². The third-order valence-electron chi connectivity index (χ3n) is 2.98. The molecule has 0 aromatic carbocycles. The first-order chi connectivity index (χ1) is 9.12. The molecule has 1 saturated heterocycles. The molecule has 2 heterocycles. The van der Waals surface area contributed by atoms with Crippen LogP contribution in [0.5, 0.6) is 0 Å². The summed E-state index contributed by atoms with van der Waals surface area (Å²) >= 11 is 3.65. The van der Waals surface area contributed by atoms with Gasteiger partial charge in [-0.3, -0.25) is 0 Å². The van der Waals surface area contributed by atoms with Gasteiger partial charge in [0.1, 0.15) is 11.6 Å². The van der Waals surface area contributed by atoms with Crippen LogP contribution >= 0.6 is 23.5 Å². The van der Waals surface area contributed by atoms with Gasteiger partial charge in [0, 0.05) is 36.2 Å². The van der Waals surface area contributed by atoms with Crippen molar-refractivity contribution < 1.29 is 0 Å². The summed E-state index contributed by atoms with van der Waals surface area (Å²) in [5, 5.41) is 5.43. The Morgan fingerprint density at radius 2 is 2.05 bits per heavy atom. The maximum Gasteiger partial charge on any atom is 0.191 e. The van der Waals surface area contributed by atoms with Crippen LogP contribution in [0.15, 0.2) is 11.2 Å². The molecule has 1 N–H and O–H groups in total. The fourth-order valence-electron chi connectivity index (χ4n) is 2.30. The highest BCUT2D eigenvalue weighted by molar-refractivity contribution is 8.00. The van der Waals surface area contributed by atoms with Crippen LogP contribution in [0.25, 0.3) is 0 Å². The highest BCUT2D eigenvalue weighted by Gasteiger charge is 2.23. The summed E-state index contributed by atoms with van der Waals surface area (Å²) in [6.07, 6.45) is 2.02. The first-order valence-electron chi connectivity index (χ1n) is 6.69. The molecule has 106 valence electrons. The zero-order valence-electron chi connectivity index (χ0n) is 12.0. The Labute approximate surface area is 124 Å². The van der Waals surface area contributed by atoms with E-state index in [0.29, 0.717) is 10.5 Å². The number of anilines is 2. The van der Waals surface area contributed by atoms with E-state index in [1.807, 2.05) is 6.26 Å². The number of aromatic nitrogens is 2. The van der Waals surface area contributed by atoms with Crippen LogP contribution in [-0.4, -0.2) is 46.4 Å². The topological polar surface area (TPSA) is 41.0 Å². The minimum atomic E-state index is 0.652. The van der Waals surface area contributed by atoms with E-state index in [4.69, 9.17) is 0 Å². The van der Waals surface area contributed by atoms with E-state index in [-0.39, 0.29) is 0 Å². The van der Waals surface area contributed by atoms with Gasteiger partial charge in [-0.2, -0.15) is 11.8 Å². The second-order valence-electron chi connectivity index (χ2n) is 4.79. The van der Waals surface area contributed by atoms with Crippen LogP contribution in [0.4, 0.5) is 11.6 Å².